The Kier molecular flexibility index (Phi) is 4.57. The second-order valence-corrected chi connectivity index (χ2v) is 7.33. The molecule has 0 radical (unpaired) electrons. The zero-order valence-corrected chi connectivity index (χ0v) is 15.4. The molecule has 1 aromatic carbocycles. The van der Waals surface area contributed by atoms with Gasteiger partial charge in [-0.15, -0.1) is 0 Å². The third-order valence-electron chi connectivity index (χ3n) is 5.94. The highest BCUT2D eigenvalue weighted by Gasteiger charge is 2.51. The zero-order chi connectivity index (χ0) is 19.0. The van der Waals surface area contributed by atoms with Gasteiger partial charge in [0.2, 0.25) is 5.95 Å². The molecule has 2 aliphatic rings. The molecule has 7 heteroatoms. The summed E-state index contributed by atoms with van der Waals surface area (Å²) in [6.07, 6.45) is 3.90. The summed E-state index contributed by atoms with van der Waals surface area (Å²) in [4.78, 5) is 23.0. The van der Waals surface area contributed by atoms with Gasteiger partial charge in [0.05, 0.1) is 17.7 Å². The first kappa shape index (κ1) is 17.9. The molecule has 142 valence electrons. The van der Waals surface area contributed by atoms with E-state index in [2.05, 4.69) is 21.4 Å². The lowest BCUT2D eigenvalue weighted by Crippen LogP contribution is -2.50. The van der Waals surface area contributed by atoms with Gasteiger partial charge < -0.3 is 21.1 Å². The van der Waals surface area contributed by atoms with Crippen LogP contribution in [-0.4, -0.2) is 51.6 Å². The molecule has 1 amide bonds. The monoisotopic (exact) mass is 367 g/mol. The Bertz CT molecular complexity index is 831. The second-order valence-electron chi connectivity index (χ2n) is 7.33. The lowest BCUT2D eigenvalue weighted by atomic mass is 9.72. The number of aromatic nitrogens is 2. The van der Waals surface area contributed by atoms with Gasteiger partial charge >= 0.3 is 0 Å². The number of nitrogens with two attached hydrogens (primary N) is 1. The van der Waals surface area contributed by atoms with E-state index in [9.17, 15) is 9.90 Å². The SMILES string of the molecule is CCNc1ncc(C(=O)N2CCC3(CC2)c2ccccc2[C@@H](N)[C@@H]3O)cn1. The van der Waals surface area contributed by atoms with Gasteiger partial charge in [-0.1, -0.05) is 24.3 Å². The quantitative estimate of drug-likeness (QED) is 0.759. The Morgan fingerprint density at radius 1 is 1.30 bits per heavy atom. The summed E-state index contributed by atoms with van der Waals surface area (Å²) in [5, 5.41) is 13.9. The predicted octanol–water partition coefficient (Wildman–Crippen LogP) is 1.46. The van der Waals surface area contributed by atoms with Crippen molar-refractivity contribution in [3.05, 3.63) is 53.3 Å². The fourth-order valence-corrected chi connectivity index (χ4v) is 4.46. The number of hydrogen-bond donors (Lipinski definition) is 3. The highest BCUT2D eigenvalue weighted by molar-refractivity contribution is 5.93. The van der Waals surface area contributed by atoms with Crippen LogP contribution in [0.3, 0.4) is 0 Å². The first-order chi connectivity index (χ1) is 13.1. The second kappa shape index (κ2) is 6.90. The van der Waals surface area contributed by atoms with E-state index in [1.807, 2.05) is 30.0 Å². The first-order valence-electron chi connectivity index (χ1n) is 9.45. The van der Waals surface area contributed by atoms with Crippen LogP contribution in [0.2, 0.25) is 0 Å². The molecule has 0 unspecified atom stereocenters. The van der Waals surface area contributed by atoms with Gasteiger partial charge in [0, 0.05) is 37.4 Å². The fourth-order valence-electron chi connectivity index (χ4n) is 4.46. The number of piperidine rings is 1. The lowest BCUT2D eigenvalue weighted by Gasteiger charge is -2.42. The van der Waals surface area contributed by atoms with Gasteiger partial charge in [-0.2, -0.15) is 0 Å². The smallest absolute Gasteiger partial charge is 0.256 e. The number of nitrogens with zero attached hydrogens (tertiary/aromatic N) is 3. The van der Waals surface area contributed by atoms with E-state index < -0.39 is 6.10 Å². The summed E-state index contributed by atoms with van der Waals surface area (Å²) >= 11 is 0. The molecular formula is C20H25N5O2. The molecule has 1 aliphatic heterocycles. The number of amides is 1. The average Bonchev–Trinajstić information content (AvgIpc) is 2.92. The first-order valence-corrected chi connectivity index (χ1v) is 9.45. The van der Waals surface area contributed by atoms with Crippen LogP contribution in [0.1, 0.15) is 47.3 Å². The predicted molar refractivity (Wildman–Crippen MR) is 102 cm³/mol. The van der Waals surface area contributed by atoms with Crippen molar-refractivity contribution in [2.24, 2.45) is 5.73 Å². The Hall–Kier alpha value is -2.51. The van der Waals surface area contributed by atoms with Gasteiger partial charge in [0.1, 0.15) is 0 Å². The lowest BCUT2D eigenvalue weighted by molar-refractivity contribution is 0.0262. The molecule has 4 rings (SSSR count). The molecule has 1 fully saturated rings. The molecule has 2 atom stereocenters. The standard InChI is InChI=1S/C20H25N5O2/c1-2-22-19-23-11-13(12-24-19)18(27)25-9-7-20(8-10-25)15-6-4-3-5-14(15)16(21)17(20)26/h3-6,11-12,16-17,26H,2,7-10,21H2,1H3,(H,22,23,24)/t16-,17+/m1/s1. The van der Waals surface area contributed by atoms with Crippen LogP contribution in [-0.2, 0) is 5.41 Å². The van der Waals surface area contributed by atoms with Crippen molar-refractivity contribution in [3.8, 4) is 0 Å². The molecule has 1 aromatic heterocycles. The molecule has 2 heterocycles. The van der Waals surface area contributed by atoms with E-state index in [0.29, 0.717) is 37.4 Å². The normalized spacial score (nSPS) is 23.3. The minimum absolute atomic E-state index is 0.0713. The van der Waals surface area contributed by atoms with Crippen LogP contribution >= 0.6 is 0 Å². The largest absolute Gasteiger partial charge is 0.390 e. The Labute approximate surface area is 158 Å². The molecule has 7 nitrogen and oxygen atoms in total. The van der Waals surface area contributed by atoms with Crippen molar-refractivity contribution in [2.45, 2.75) is 37.3 Å². The number of nitrogens with one attached hydrogen (secondary N) is 1. The van der Waals surface area contributed by atoms with Crippen LogP contribution in [0.4, 0.5) is 5.95 Å². The van der Waals surface area contributed by atoms with Gasteiger partial charge in [-0.3, -0.25) is 4.79 Å². The van der Waals surface area contributed by atoms with E-state index >= 15 is 0 Å². The summed E-state index contributed by atoms with van der Waals surface area (Å²) < 4.78 is 0. The van der Waals surface area contributed by atoms with Gasteiger partial charge in [-0.05, 0) is 30.9 Å². The molecule has 0 saturated carbocycles. The van der Waals surface area contributed by atoms with Gasteiger partial charge in [0.15, 0.2) is 0 Å². The number of fused-ring (bicyclic) bond motifs is 2. The van der Waals surface area contributed by atoms with E-state index in [0.717, 1.165) is 17.7 Å². The minimum Gasteiger partial charge on any atom is -0.390 e. The number of likely N-dealkylation sites (tertiary alicyclic amines) is 1. The summed E-state index contributed by atoms with van der Waals surface area (Å²) in [6, 6.07) is 7.65. The Balaban J connectivity index is 1.50. The average molecular weight is 367 g/mol. The van der Waals surface area contributed by atoms with Crippen LogP contribution in [0, 0.1) is 0 Å². The Morgan fingerprint density at radius 3 is 2.63 bits per heavy atom. The molecule has 27 heavy (non-hydrogen) atoms. The van der Waals surface area contributed by atoms with Crippen LogP contribution in [0.25, 0.3) is 0 Å². The highest BCUT2D eigenvalue weighted by Crippen LogP contribution is 2.50. The topological polar surface area (TPSA) is 104 Å². The van der Waals surface area contributed by atoms with Crippen LogP contribution < -0.4 is 11.1 Å². The van der Waals surface area contributed by atoms with Crippen LogP contribution in [0.15, 0.2) is 36.7 Å². The third-order valence-corrected chi connectivity index (χ3v) is 5.94. The summed E-state index contributed by atoms with van der Waals surface area (Å²) in [5.41, 5.74) is 8.55. The number of hydrogen-bond acceptors (Lipinski definition) is 6. The highest BCUT2D eigenvalue weighted by atomic mass is 16.3. The van der Waals surface area contributed by atoms with Crippen molar-refractivity contribution >= 4 is 11.9 Å². The Morgan fingerprint density at radius 2 is 1.96 bits per heavy atom. The molecule has 2 aromatic rings. The van der Waals surface area contributed by atoms with E-state index in [-0.39, 0.29) is 17.4 Å². The van der Waals surface area contributed by atoms with E-state index in [1.54, 1.807) is 12.4 Å². The van der Waals surface area contributed by atoms with E-state index in [4.69, 9.17) is 5.73 Å². The van der Waals surface area contributed by atoms with Crippen molar-refractivity contribution in [1.29, 1.82) is 0 Å². The maximum atomic E-state index is 12.8. The maximum absolute atomic E-state index is 12.8. The van der Waals surface area contributed by atoms with Crippen molar-refractivity contribution in [1.82, 2.24) is 14.9 Å². The number of anilines is 1. The molecule has 1 saturated heterocycles. The third kappa shape index (κ3) is 2.87. The number of carbonyl (C=O) groups excluding carboxylic acids is 1. The van der Waals surface area contributed by atoms with Crippen molar-refractivity contribution in [2.75, 3.05) is 25.0 Å². The molecule has 0 bridgehead atoms. The van der Waals surface area contributed by atoms with Gasteiger partial charge in [0.25, 0.3) is 5.91 Å². The number of benzene rings is 1. The zero-order valence-electron chi connectivity index (χ0n) is 15.4. The maximum Gasteiger partial charge on any atom is 0.256 e. The molecule has 4 N–H and O–H groups in total. The number of carbonyl (C=O) groups is 1. The van der Waals surface area contributed by atoms with Crippen LogP contribution in [0.5, 0.6) is 0 Å². The number of aliphatic hydroxyl groups excluding tert-OH is 1. The molecular weight excluding hydrogens is 342 g/mol. The van der Waals surface area contributed by atoms with Crippen molar-refractivity contribution in [3.63, 3.8) is 0 Å². The summed E-state index contributed by atoms with van der Waals surface area (Å²) in [5.74, 6) is 0.448. The fraction of sp³-hybridized carbons (Fsp3) is 0.450. The number of aliphatic hydroxyl groups is 1. The van der Waals surface area contributed by atoms with Crippen molar-refractivity contribution < 1.29 is 9.90 Å². The molecule has 1 aliphatic carbocycles. The van der Waals surface area contributed by atoms with Gasteiger partial charge in [-0.25, -0.2) is 9.97 Å². The van der Waals surface area contributed by atoms with E-state index in [1.165, 1.54) is 0 Å². The summed E-state index contributed by atoms with van der Waals surface area (Å²) in [7, 11) is 0. The minimum atomic E-state index is -0.616. The molecule has 1 spiro atoms. The summed E-state index contributed by atoms with van der Waals surface area (Å²) in [6.45, 7) is 3.85. The number of rotatable bonds is 3.